The predicted molar refractivity (Wildman–Crippen MR) is 159 cm³/mol. The molecule has 0 aliphatic rings. The molecule has 10 nitrogen and oxygen atoms in total. The number of hydrogen-bond donors (Lipinski definition) is 1. The maximum Gasteiger partial charge on any atom is 0.414 e. The molecule has 41 heavy (non-hydrogen) atoms. The van der Waals surface area contributed by atoms with Gasteiger partial charge in [0.1, 0.15) is 29.8 Å². The molecule has 0 fully saturated rings. The van der Waals surface area contributed by atoms with Gasteiger partial charge in [-0.25, -0.2) is 24.1 Å². The van der Waals surface area contributed by atoms with Crippen molar-refractivity contribution < 1.29 is 14.3 Å². The third-order valence-electron chi connectivity index (χ3n) is 6.45. The first-order valence-corrected chi connectivity index (χ1v) is 13.1. The molecule has 0 saturated carbocycles. The van der Waals surface area contributed by atoms with Crippen molar-refractivity contribution in [2.75, 3.05) is 17.7 Å². The van der Waals surface area contributed by atoms with Crippen LogP contribution in [-0.2, 0) is 11.3 Å². The number of benzene rings is 3. The van der Waals surface area contributed by atoms with Crippen LogP contribution in [-0.4, -0.2) is 37.8 Å². The Bertz CT molecular complexity index is 1790. The van der Waals surface area contributed by atoms with Gasteiger partial charge < -0.3 is 15.2 Å². The van der Waals surface area contributed by atoms with E-state index in [-0.39, 0.29) is 11.5 Å². The van der Waals surface area contributed by atoms with E-state index in [9.17, 15) is 9.59 Å². The van der Waals surface area contributed by atoms with Gasteiger partial charge in [0, 0.05) is 12.7 Å². The van der Waals surface area contributed by atoms with E-state index in [1.54, 1.807) is 58.2 Å². The zero-order chi connectivity index (χ0) is 29.3. The highest BCUT2D eigenvalue weighted by Gasteiger charge is 2.23. The van der Waals surface area contributed by atoms with Crippen LogP contribution in [0.1, 0.15) is 31.9 Å². The predicted octanol–water partition coefficient (Wildman–Crippen LogP) is 5.41. The zero-order valence-corrected chi connectivity index (χ0v) is 23.7. The second kappa shape index (κ2) is 10.8. The summed E-state index contributed by atoms with van der Waals surface area (Å²) in [7, 11) is 1.61. The van der Waals surface area contributed by atoms with Crippen LogP contribution in [0.5, 0.6) is 5.75 Å². The van der Waals surface area contributed by atoms with E-state index in [2.05, 4.69) is 9.97 Å². The van der Waals surface area contributed by atoms with Crippen molar-refractivity contribution in [3.8, 4) is 17.1 Å². The molecule has 210 valence electrons. The van der Waals surface area contributed by atoms with E-state index < -0.39 is 11.7 Å². The quantitative estimate of drug-likeness (QED) is 0.299. The second-order valence-electron chi connectivity index (χ2n) is 10.7. The highest BCUT2D eigenvalue weighted by molar-refractivity contribution is 5.88. The Kier molecular flexibility index (Phi) is 7.23. The van der Waals surface area contributed by atoms with Crippen molar-refractivity contribution in [1.82, 2.24) is 19.1 Å². The SMILES string of the molecule is Cc1cc(-n2c(=O)n(-c3cccc(N(C)C(=O)OC(C)(C)C)c3)c3ncnc(N)c32)ccc1OCc1ccccc1. The standard InChI is InChI=1S/C31H32N6O4/c1-20-16-24(14-15-25(20)40-18-21-10-7-6-8-11-21)36-26-27(32)33-19-34-28(26)37(29(36)38)23-13-9-12-22(17-23)35(5)30(39)41-31(2,3)4/h6-17,19H,18H2,1-5H3,(H2,32,33,34). The number of ether oxygens (including phenoxy) is 2. The Morgan fingerprint density at radius 2 is 1.68 bits per heavy atom. The average Bonchev–Trinajstić information content (AvgIpc) is 3.24. The molecule has 0 atom stereocenters. The van der Waals surface area contributed by atoms with Crippen molar-refractivity contribution in [2.45, 2.75) is 39.9 Å². The van der Waals surface area contributed by atoms with Crippen molar-refractivity contribution in [2.24, 2.45) is 0 Å². The van der Waals surface area contributed by atoms with Crippen LogP contribution in [0.2, 0.25) is 0 Å². The van der Waals surface area contributed by atoms with Gasteiger partial charge in [-0.15, -0.1) is 0 Å². The van der Waals surface area contributed by atoms with Crippen LogP contribution < -0.4 is 21.1 Å². The fourth-order valence-corrected chi connectivity index (χ4v) is 4.47. The summed E-state index contributed by atoms with van der Waals surface area (Å²) >= 11 is 0. The fourth-order valence-electron chi connectivity index (χ4n) is 4.47. The highest BCUT2D eigenvalue weighted by atomic mass is 16.6. The van der Waals surface area contributed by atoms with Gasteiger partial charge in [-0.05, 0) is 75.2 Å². The number of amides is 1. The molecule has 5 aromatic rings. The molecule has 0 saturated heterocycles. The minimum absolute atomic E-state index is 0.162. The van der Waals surface area contributed by atoms with E-state index in [1.807, 2.05) is 49.4 Å². The summed E-state index contributed by atoms with van der Waals surface area (Å²) in [5.74, 6) is 0.867. The van der Waals surface area contributed by atoms with E-state index >= 15 is 0 Å². The van der Waals surface area contributed by atoms with Crippen molar-refractivity contribution in [3.05, 3.63) is 101 Å². The molecule has 0 radical (unpaired) electrons. The molecule has 2 aromatic heterocycles. The second-order valence-corrected chi connectivity index (χ2v) is 10.7. The van der Waals surface area contributed by atoms with Gasteiger partial charge in [-0.3, -0.25) is 9.47 Å². The number of imidazole rings is 1. The van der Waals surface area contributed by atoms with Gasteiger partial charge in [0.05, 0.1) is 11.4 Å². The Balaban J connectivity index is 1.55. The Morgan fingerprint density at radius 3 is 2.39 bits per heavy atom. The largest absolute Gasteiger partial charge is 0.489 e. The third kappa shape index (κ3) is 5.62. The normalized spacial score (nSPS) is 11.4. The number of aryl methyl sites for hydroxylation is 1. The third-order valence-corrected chi connectivity index (χ3v) is 6.45. The zero-order valence-electron chi connectivity index (χ0n) is 23.7. The van der Waals surface area contributed by atoms with Crippen molar-refractivity contribution >= 4 is 28.8 Å². The van der Waals surface area contributed by atoms with Gasteiger partial charge in [-0.2, -0.15) is 0 Å². The molecule has 2 heterocycles. The summed E-state index contributed by atoms with van der Waals surface area (Å²) in [6.45, 7) is 7.76. The molecule has 0 unspecified atom stereocenters. The van der Waals surface area contributed by atoms with E-state index in [0.29, 0.717) is 40.6 Å². The molecule has 2 N–H and O–H groups in total. The maximum atomic E-state index is 14.0. The molecule has 0 spiro atoms. The topological polar surface area (TPSA) is 118 Å². The molecular formula is C31H32N6O4. The monoisotopic (exact) mass is 552 g/mol. The number of rotatable bonds is 6. The van der Waals surface area contributed by atoms with Crippen LogP contribution >= 0.6 is 0 Å². The van der Waals surface area contributed by atoms with Gasteiger partial charge in [0.15, 0.2) is 11.5 Å². The number of carbonyl (C=O) groups excluding carboxylic acids is 1. The van der Waals surface area contributed by atoms with Gasteiger partial charge in [0.2, 0.25) is 0 Å². The van der Waals surface area contributed by atoms with E-state index in [0.717, 1.165) is 11.1 Å². The average molecular weight is 553 g/mol. The first kappa shape index (κ1) is 27.4. The van der Waals surface area contributed by atoms with Crippen molar-refractivity contribution in [1.29, 1.82) is 0 Å². The number of anilines is 2. The molecule has 3 aromatic carbocycles. The lowest BCUT2D eigenvalue weighted by Crippen LogP contribution is -2.34. The molecule has 0 aliphatic heterocycles. The van der Waals surface area contributed by atoms with Gasteiger partial charge in [0.25, 0.3) is 0 Å². The van der Waals surface area contributed by atoms with Crippen LogP contribution in [0.25, 0.3) is 22.5 Å². The number of nitrogens with two attached hydrogens (primary N) is 1. The van der Waals surface area contributed by atoms with Gasteiger partial charge in [-0.1, -0.05) is 36.4 Å². The van der Waals surface area contributed by atoms with Crippen LogP contribution in [0.3, 0.4) is 0 Å². The minimum atomic E-state index is -0.651. The number of nitrogen functional groups attached to an aromatic ring is 1. The first-order chi connectivity index (χ1) is 19.5. The summed E-state index contributed by atoms with van der Waals surface area (Å²) < 4.78 is 14.5. The Hall–Kier alpha value is -5.12. The molecule has 1 amide bonds. The van der Waals surface area contributed by atoms with Crippen LogP contribution in [0.15, 0.2) is 83.9 Å². The summed E-state index contributed by atoms with van der Waals surface area (Å²) in [4.78, 5) is 36.7. The lowest BCUT2D eigenvalue weighted by molar-refractivity contribution is 0.0589. The van der Waals surface area contributed by atoms with Gasteiger partial charge >= 0.3 is 11.8 Å². The van der Waals surface area contributed by atoms with E-state index in [1.165, 1.54) is 20.4 Å². The maximum absolute atomic E-state index is 14.0. The lowest BCUT2D eigenvalue weighted by atomic mass is 10.2. The highest BCUT2D eigenvalue weighted by Crippen LogP contribution is 2.28. The number of nitrogens with zero attached hydrogens (tertiary/aromatic N) is 5. The molecule has 5 rings (SSSR count). The number of aromatic nitrogens is 4. The number of hydrogen-bond acceptors (Lipinski definition) is 7. The minimum Gasteiger partial charge on any atom is -0.489 e. The first-order valence-electron chi connectivity index (χ1n) is 13.1. The summed E-state index contributed by atoms with van der Waals surface area (Å²) in [6, 6.07) is 22.4. The molecule has 0 aliphatic carbocycles. The molecular weight excluding hydrogens is 520 g/mol. The molecule has 0 bridgehead atoms. The molecule has 10 heteroatoms. The summed E-state index contributed by atoms with van der Waals surface area (Å²) in [5, 5.41) is 0. The Morgan fingerprint density at radius 1 is 0.951 bits per heavy atom. The smallest absolute Gasteiger partial charge is 0.414 e. The summed E-state index contributed by atoms with van der Waals surface area (Å²) in [5.41, 5.74) is 9.51. The van der Waals surface area contributed by atoms with Crippen LogP contribution in [0.4, 0.5) is 16.3 Å². The van der Waals surface area contributed by atoms with E-state index in [4.69, 9.17) is 15.2 Å². The Labute approximate surface area is 237 Å². The number of fused-ring (bicyclic) bond motifs is 1. The summed E-state index contributed by atoms with van der Waals surface area (Å²) in [6.07, 6.45) is 0.807. The van der Waals surface area contributed by atoms with Crippen molar-refractivity contribution in [3.63, 3.8) is 0 Å². The van der Waals surface area contributed by atoms with Crippen LogP contribution in [0, 0.1) is 6.92 Å². The lowest BCUT2D eigenvalue weighted by Gasteiger charge is -2.25. The fraction of sp³-hybridized carbons (Fsp3) is 0.226. The number of carbonyl (C=O) groups is 1.